The molecule has 1 aromatic heterocycles. The molecule has 2 aliphatic rings. The molecular formula is C15H27N5. The number of rotatable bonds is 6. The summed E-state index contributed by atoms with van der Waals surface area (Å²) in [7, 11) is 0. The van der Waals surface area contributed by atoms with E-state index in [0.717, 1.165) is 43.2 Å². The number of likely N-dealkylation sites (tertiary alicyclic amines) is 1. The van der Waals surface area contributed by atoms with Crippen LogP contribution in [-0.4, -0.2) is 45.6 Å². The Bertz CT molecular complexity index is 426. The minimum atomic E-state index is 0.733. The van der Waals surface area contributed by atoms with Gasteiger partial charge in [-0.05, 0) is 37.6 Å². The molecule has 1 aromatic rings. The molecule has 1 saturated carbocycles. The molecule has 2 heterocycles. The largest absolute Gasteiger partial charge is 0.308 e. The predicted octanol–water partition coefficient (Wildman–Crippen LogP) is 1.51. The predicted molar refractivity (Wildman–Crippen MR) is 79.3 cm³/mol. The van der Waals surface area contributed by atoms with E-state index in [4.69, 9.17) is 0 Å². The molecule has 5 nitrogen and oxygen atoms in total. The van der Waals surface area contributed by atoms with Crippen LogP contribution in [0.5, 0.6) is 0 Å². The van der Waals surface area contributed by atoms with Gasteiger partial charge in [-0.15, -0.1) is 5.10 Å². The molecule has 5 heteroatoms. The highest BCUT2D eigenvalue weighted by atomic mass is 15.4. The maximum Gasteiger partial charge on any atom is 0.0964 e. The van der Waals surface area contributed by atoms with Crippen molar-refractivity contribution in [1.82, 2.24) is 25.2 Å². The second kappa shape index (κ2) is 6.22. The number of hydrogen-bond acceptors (Lipinski definition) is 4. The lowest BCUT2D eigenvalue weighted by atomic mass is 9.89. The lowest BCUT2D eigenvalue weighted by Crippen LogP contribution is -2.40. The zero-order valence-electron chi connectivity index (χ0n) is 12.8. The average Bonchev–Trinajstić information content (AvgIpc) is 3.16. The van der Waals surface area contributed by atoms with E-state index < -0.39 is 0 Å². The molecule has 1 aliphatic heterocycles. The first kappa shape index (κ1) is 14.0. The zero-order valence-corrected chi connectivity index (χ0v) is 12.8. The normalized spacial score (nSPS) is 27.9. The number of nitrogens with one attached hydrogen (secondary N) is 1. The number of piperidine rings is 1. The van der Waals surface area contributed by atoms with Crippen LogP contribution in [0, 0.1) is 11.8 Å². The van der Waals surface area contributed by atoms with Crippen molar-refractivity contribution in [3.05, 3.63) is 11.9 Å². The molecule has 0 bridgehead atoms. The van der Waals surface area contributed by atoms with Crippen molar-refractivity contribution in [2.24, 2.45) is 11.8 Å². The lowest BCUT2D eigenvalue weighted by Gasteiger charge is -2.35. The number of nitrogens with zero attached hydrogens (tertiary/aromatic N) is 4. The summed E-state index contributed by atoms with van der Waals surface area (Å²) in [5.74, 6) is 1.69. The van der Waals surface area contributed by atoms with Gasteiger partial charge in [-0.25, -0.2) is 0 Å². The van der Waals surface area contributed by atoms with Gasteiger partial charge in [0, 0.05) is 31.9 Å². The SMILES string of the molecule is CC1CCN(CCn2cc(CNC3CC3)nn2)CC1C. The quantitative estimate of drug-likeness (QED) is 0.856. The molecule has 0 aromatic carbocycles. The van der Waals surface area contributed by atoms with Crippen molar-refractivity contribution in [3.8, 4) is 0 Å². The monoisotopic (exact) mass is 277 g/mol. The third-order valence-electron chi connectivity index (χ3n) is 4.80. The molecule has 1 N–H and O–H groups in total. The summed E-state index contributed by atoms with van der Waals surface area (Å²) in [6.45, 7) is 10.1. The Hall–Kier alpha value is -0.940. The maximum atomic E-state index is 4.24. The van der Waals surface area contributed by atoms with Gasteiger partial charge in [-0.1, -0.05) is 19.1 Å². The average molecular weight is 277 g/mol. The molecule has 2 atom stereocenters. The van der Waals surface area contributed by atoms with Crippen LogP contribution in [0.4, 0.5) is 0 Å². The molecule has 3 rings (SSSR count). The molecule has 0 amide bonds. The van der Waals surface area contributed by atoms with Crippen LogP contribution in [0.3, 0.4) is 0 Å². The summed E-state index contributed by atoms with van der Waals surface area (Å²) >= 11 is 0. The van der Waals surface area contributed by atoms with Gasteiger partial charge in [-0.2, -0.15) is 0 Å². The van der Waals surface area contributed by atoms with Crippen LogP contribution in [0.2, 0.25) is 0 Å². The Morgan fingerprint density at radius 1 is 1.20 bits per heavy atom. The van der Waals surface area contributed by atoms with Crippen LogP contribution in [-0.2, 0) is 13.1 Å². The third-order valence-corrected chi connectivity index (χ3v) is 4.80. The van der Waals surface area contributed by atoms with Gasteiger partial charge >= 0.3 is 0 Å². The fraction of sp³-hybridized carbons (Fsp3) is 0.867. The minimum Gasteiger partial charge on any atom is -0.308 e. The first-order chi connectivity index (χ1) is 9.70. The van der Waals surface area contributed by atoms with Crippen molar-refractivity contribution in [2.75, 3.05) is 19.6 Å². The summed E-state index contributed by atoms with van der Waals surface area (Å²) in [5, 5.41) is 11.9. The molecule has 2 fully saturated rings. The standard InChI is InChI=1S/C15H27N5/c1-12-5-6-19(10-13(12)2)7-8-20-11-15(17-18-20)9-16-14-3-4-14/h11-14,16H,3-10H2,1-2H3. The van der Waals surface area contributed by atoms with E-state index in [1.54, 1.807) is 0 Å². The van der Waals surface area contributed by atoms with Crippen LogP contribution in [0.15, 0.2) is 6.20 Å². The van der Waals surface area contributed by atoms with Crippen LogP contribution < -0.4 is 5.32 Å². The molecule has 112 valence electrons. The van der Waals surface area contributed by atoms with Crippen molar-refractivity contribution in [1.29, 1.82) is 0 Å². The lowest BCUT2D eigenvalue weighted by molar-refractivity contribution is 0.133. The highest BCUT2D eigenvalue weighted by molar-refractivity contribution is 4.94. The molecule has 0 radical (unpaired) electrons. The van der Waals surface area contributed by atoms with Crippen LogP contribution in [0.1, 0.15) is 38.8 Å². The van der Waals surface area contributed by atoms with Gasteiger partial charge in [0.15, 0.2) is 0 Å². The fourth-order valence-corrected chi connectivity index (χ4v) is 2.86. The smallest absolute Gasteiger partial charge is 0.0964 e. The molecule has 1 saturated heterocycles. The van der Waals surface area contributed by atoms with E-state index in [9.17, 15) is 0 Å². The van der Waals surface area contributed by atoms with Gasteiger partial charge in [0.2, 0.25) is 0 Å². The van der Waals surface area contributed by atoms with Gasteiger partial charge in [0.1, 0.15) is 0 Å². The van der Waals surface area contributed by atoms with Crippen LogP contribution in [0.25, 0.3) is 0 Å². The van der Waals surface area contributed by atoms with E-state index in [-0.39, 0.29) is 0 Å². The molecule has 0 spiro atoms. The van der Waals surface area contributed by atoms with Crippen LogP contribution >= 0.6 is 0 Å². The molecule has 20 heavy (non-hydrogen) atoms. The van der Waals surface area contributed by atoms with Gasteiger partial charge in [-0.3, -0.25) is 4.68 Å². The van der Waals surface area contributed by atoms with Gasteiger partial charge in [0.05, 0.1) is 12.2 Å². The third kappa shape index (κ3) is 3.79. The molecule has 1 aliphatic carbocycles. The Kier molecular flexibility index (Phi) is 4.36. The summed E-state index contributed by atoms with van der Waals surface area (Å²) < 4.78 is 1.99. The summed E-state index contributed by atoms with van der Waals surface area (Å²) in [4.78, 5) is 2.56. The van der Waals surface area contributed by atoms with E-state index >= 15 is 0 Å². The number of aromatic nitrogens is 3. The first-order valence-corrected chi connectivity index (χ1v) is 8.05. The second-order valence-corrected chi connectivity index (χ2v) is 6.67. The zero-order chi connectivity index (χ0) is 13.9. The van der Waals surface area contributed by atoms with Gasteiger partial charge in [0.25, 0.3) is 0 Å². The van der Waals surface area contributed by atoms with E-state index in [0.29, 0.717) is 0 Å². The topological polar surface area (TPSA) is 46.0 Å². The minimum absolute atomic E-state index is 0.733. The Morgan fingerprint density at radius 2 is 2.05 bits per heavy atom. The fourth-order valence-electron chi connectivity index (χ4n) is 2.86. The van der Waals surface area contributed by atoms with Gasteiger partial charge < -0.3 is 10.2 Å². The van der Waals surface area contributed by atoms with E-state index in [2.05, 4.69) is 40.6 Å². The second-order valence-electron chi connectivity index (χ2n) is 6.67. The van der Waals surface area contributed by atoms with E-state index in [1.807, 2.05) is 4.68 Å². The Morgan fingerprint density at radius 3 is 2.80 bits per heavy atom. The van der Waals surface area contributed by atoms with Crippen molar-refractivity contribution < 1.29 is 0 Å². The highest BCUT2D eigenvalue weighted by Crippen LogP contribution is 2.22. The molecule has 2 unspecified atom stereocenters. The highest BCUT2D eigenvalue weighted by Gasteiger charge is 2.22. The summed E-state index contributed by atoms with van der Waals surface area (Å²) in [5.41, 5.74) is 1.07. The van der Waals surface area contributed by atoms with Crippen molar-refractivity contribution in [2.45, 2.75) is 52.2 Å². The summed E-state index contributed by atoms with van der Waals surface area (Å²) in [6.07, 6.45) is 6.06. The Labute approximate surface area is 121 Å². The summed E-state index contributed by atoms with van der Waals surface area (Å²) in [6, 6.07) is 0.733. The maximum absolute atomic E-state index is 4.24. The van der Waals surface area contributed by atoms with E-state index in [1.165, 1.54) is 32.4 Å². The first-order valence-electron chi connectivity index (χ1n) is 8.05. The number of hydrogen-bond donors (Lipinski definition) is 1. The van der Waals surface area contributed by atoms with Crippen molar-refractivity contribution in [3.63, 3.8) is 0 Å². The van der Waals surface area contributed by atoms with Crippen molar-refractivity contribution >= 4 is 0 Å². The Balaban J connectivity index is 1.41. The molecular weight excluding hydrogens is 250 g/mol.